The monoisotopic (exact) mass is 332 g/mol. The molecule has 1 saturated heterocycles. The predicted molar refractivity (Wildman–Crippen MR) is 91.2 cm³/mol. The van der Waals surface area contributed by atoms with Gasteiger partial charge in [0.05, 0.1) is 6.07 Å². The zero-order valence-electron chi connectivity index (χ0n) is 13.4. The van der Waals surface area contributed by atoms with E-state index in [0.29, 0.717) is 19.1 Å². The summed E-state index contributed by atoms with van der Waals surface area (Å²) in [5, 5.41) is 14.7. The minimum atomic E-state index is -0.182. The lowest BCUT2D eigenvalue weighted by Crippen LogP contribution is -2.54. The second kappa shape index (κ2) is 7.80. The van der Waals surface area contributed by atoms with Crippen molar-refractivity contribution in [2.75, 3.05) is 26.2 Å². The van der Waals surface area contributed by atoms with Gasteiger partial charge in [-0.2, -0.15) is 5.26 Å². The Hall–Kier alpha value is -1.58. The summed E-state index contributed by atoms with van der Waals surface area (Å²) in [4.78, 5) is 17.5. The quantitative estimate of drug-likeness (QED) is 0.926. The molecule has 2 fully saturated rings. The molecular formula is C17H24N4OS. The zero-order chi connectivity index (χ0) is 16.1. The van der Waals surface area contributed by atoms with Crippen LogP contribution in [-0.2, 0) is 0 Å². The molecule has 1 aliphatic heterocycles. The van der Waals surface area contributed by atoms with Crippen LogP contribution in [0.4, 0.5) is 4.79 Å². The number of thiophene rings is 1. The molecule has 1 N–H and O–H groups in total. The van der Waals surface area contributed by atoms with Crippen LogP contribution in [0.1, 0.15) is 43.0 Å². The molecule has 23 heavy (non-hydrogen) atoms. The lowest BCUT2D eigenvalue weighted by atomic mass is 9.96. The fourth-order valence-electron chi connectivity index (χ4n) is 3.47. The van der Waals surface area contributed by atoms with Crippen LogP contribution < -0.4 is 5.32 Å². The highest BCUT2D eigenvalue weighted by Crippen LogP contribution is 2.25. The number of hydrogen-bond acceptors (Lipinski definition) is 4. The molecule has 3 rings (SSSR count). The summed E-state index contributed by atoms with van der Waals surface area (Å²) in [5.41, 5.74) is 0. The van der Waals surface area contributed by atoms with Crippen molar-refractivity contribution in [3.63, 3.8) is 0 Å². The van der Waals surface area contributed by atoms with E-state index in [0.717, 1.165) is 30.8 Å². The molecule has 0 spiro atoms. The summed E-state index contributed by atoms with van der Waals surface area (Å²) in [7, 11) is 0. The Morgan fingerprint density at radius 3 is 2.61 bits per heavy atom. The molecule has 1 aromatic rings. The van der Waals surface area contributed by atoms with E-state index in [1.54, 1.807) is 11.3 Å². The molecule has 6 heteroatoms. The number of urea groups is 1. The number of nitriles is 1. The van der Waals surface area contributed by atoms with E-state index in [1.165, 1.54) is 19.3 Å². The van der Waals surface area contributed by atoms with Crippen molar-refractivity contribution in [2.24, 2.45) is 0 Å². The van der Waals surface area contributed by atoms with Crippen LogP contribution >= 0.6 is 11.3 Å². The molecule has 0 radical (unpaired) electrons. The van der Waals surface area contributed by atoms with E-state index in [2.05, 4.69) is 16.3 Å². The van der Waals surface area contributed by atoms with Gasteiger partial charge in [-0.05, 0) is 24.3 Å². The third-order valence-corrected chi connectivity index (χ3v) is 5.76. The average molecular weight is 332 g/mol. The van der Waals surface area contributed by atoms with Crippen LogP contribution in [0, 0.1) is 11.3 Å². The maximum absolute atomic E-state index is 12.4. The number of rotatable bonds is 3. The second-order valence-corrected chi connectivity index (χ2v) is 7.33. The van der Waals surface area contributed by atoms with Crippen molar-refractivity contribution in [3.05, 3.63) is 22.4 Å². The van der Waals surface area contributed by atoms with Gasteiger partial charge in [-0.25, -0.2) is 4.79 Å². The van der Waals surface area contributed by atoms with Crippen molar-refractivity contribution >= 4 is 17.4 Å². The van der Waals surface area contributed by atoms with E-state index in [9.17, 15) is 10.1 Å². The van der Waals surface area contributed by atoms with Gasteiger partial charge >= 0.3 is 6.03 Å². The second-order valence-electron chi connectivity index (χ2n) is 6.35. The van der Waals surface area contributed by atoms with Gasteiger partial charge in [-0.1, -0.05) is 25.3 Å². The number of amides is 2. The molecule has 2 heterocycles. The number of piperazine rings is 1. The van der Waals surface area contributed by atoms with Crippen molar-refractivity contribution in [2.45, 2.75) is 44.2 Å². The molecule has 2 aliphatic rings. The number of carbonyl (C=O) groups is 1. The molecule has 1 saturated carbocycles. The Morgan fingerprint density at radius 1 is 1.26 bits per heavy atom. The lowest BCUT2D eigenvalue weighted by Gasteiger charge is -2.37. The number of nitrogens with zero attached hydrogens (tertiary/aromatic N) is 3. The minimum absolute atomic E-state index is 0.0705. The summed E-state index contributed by atoms with van der Waals surface area (Å²) in [6.07, 6.45) is 5.97. The highest BCUT2D eigenvalue weighted by Gasteiger charge is 2.28. The van der Waals surface area contributed by atoms with Crippen LogP contribution in [0.2, 0.25) is 0 Å². The van der Waals surface area contributed by atoms with Gasteiger partial charge in [0.15, 0.2) is 0 Å². The minimum Gasteiger partial charge on any atom is -0.335 e. The van der Waals surface area contributed by atoms with Crippen molar-refractivity contribution in [3.8, 4) is 6.07 Å². The summed E-state index contributed by atoms with van der Waals surface area (Å²) in [6.45, 7) is 2.91. The molecule has 0 bridgehead atoms. The van der Waals surface area contributed by atoms with E-state index < -0.39 is 0 Å². The largest absolute Gasteiger partial charge is 0.335 e. The zero-order valence-corrected chi connectivity index (χ0v) is 14.2. The van der Waals surface area contributed by atoms with Crippen LogP contribution in [0.15, 0.2) is 17.5 Å². The van der Waals surface area contributed by atoms with Crippen molar-refractivity contribution in [1.82, 2.24) is 15.1 Å². The standard InChI is InChI=1S/C17H24N4OS/c18-13-15(16-7-4-12-23-16)20-8-10-21(11-9-20)17(22)19-14-5-2-1-3-6-14/h4,7,12,14-15H,1-3,5-6,8-11H2,(H,19,22). The number of carbonyl (C=O) groups excluding carboxylic acids is 1. The normalized spacial score (nSPS) is 21.6. The topological polar surface area (TPSA) is 59.4 Å². The van der Waals surface area contributed by atoms with Gasteiger partial charge < -0.3 is 10.2 Å². The Labute approximate surface area is 141 Å². The average Bonchev–Trinajstić information content (AvgIpc) is 3.11. The fourth-order valence-corrected chi connectivity index (χ4v) is 4.27. The summed E-state index contributed by atoms with van der Waals surface area (Å²) < 4.78 is 0. The summed E-state index contributed by atoms with van der Waals surface area (Å²) in [5.74, 6) is 0. The molecule has 1 unspecified atom stereocenters. The van der Waals surface area contributed by atoms with Gasteiger partial charge in [0.2, 0.25) is 0 Å². The van der Waals surface area contributed by atoms with Crippen LogP contribution in [0.3, 0.4) is 0 Å². The fraction of sp³-hybridized carbons (Fsp3) is 0.647. The molecule has 2 amide bonds. The first-order chi connectivity index (χ1) is 11.3. The van der Waals surface area contributed by atoms with Gasteiger partial charge in [-0.15, -0.1) is 11.3 Å². The highest BCUT2D eigenvalue weighted by atomic mass is 32.1. The van der Waals surface area contributed by atoms with Crippen molar-refractivity contribution in [1.29, 1.82) is 5.26 Å². The maximum atomic E-state index is 12.4. The first kappa shape index (κ1) is 16.3. The Balaban J connectivity index is 1.49. The van der Waals surface area contributed by atoms with Gasteiger partial charge in [0.1, 0.15) is 6.04 Å². The molecular weight excluding hydrogens is 308 g/mol. The molecule has 1 aromatic heterocycles. The van der Waals surface area contributed by atoms with Crippen LogP contribution in [-0.4, -0.2) is 48.1 Å². The predicted octanol–water partition coefficient (Wildman–Crippen LogP) is 2.97. The molecule has 1 aliphatic carbocycles. The van der Waals surface area contributed by atoms with Crippen LogP contribution in [0.5, 0.6) is 0 Å². The van der Waals surface area contributed by atoms with E-state index in [-0.39, 0.29) is 12.1 Å². The lowest BCUT2D eigenvalue weighted by molar-refractivity contribution is 0.122. The molecule has 0 aromatic carbocycles. The first-order valence-corrected chi connectivity index (χ1v) is 9.38. The number of hydrogen-bond donors (Lipinski definition) is 1. The smallest absolute Gasteiger partial charge is 0.317 e. The van der Waals surface area contributed by atoms with Gasteiger partial charge in [0, 0.05) is 37.1 Å². The Kier molecular flexibility index (Phi) is 5.52. The SMILES string of the molecule is N#CC(c1cccs1)N1CCN(C(=O)NC2CCCCC2)CC1. The third-order valence-electron chi connectivity index (χ3n) is 4.83. The van der Waals surface area contributed by atoms with Gasteiger partial charge in [0.25, 0.3) is 0 Å². The maximum Gasteiger partial charge on any atom is 0.317 e. The molecule has 1 atom stereocenters. The van der Waals surface area contributed by atoms with Crippen molar-refractivity contribution < 1.29 is 4.79 Å². The number of nitrogens with one attached hydrogen (secondary N) is 1. The molecule has 5 nitrogen and oxygen atoms in total. The van der Waals surface area contributed by atoms with Crippen LogP contribution in [0.25, 0.3) is 0 Å². The summed E-state index contributed by atoms with van der Waals surface area (Å²) in [6, 6.07) is 6.64. The highest BCUT2D eigenvalue weighted by molar-refractivity contribution is 7.10. The first-order valence-electron chi connectivity index (χ1n) is 8.50. The van der Waals surface area contributed by atoms with E-state index in [4.69, 9.17) is 0 Å². The third kappa shape index (κ3) is 4.04. The molecule has 124 valence electrons. The van der Waals surface area contributed by atoms with Gasteiger partial charge in [-0.3, -0.25) is 4.90 Å². The summed E-state index contributed by atoms with van der Waals surface area (Å²) >= 11 is 1.62. The Bertz CT molecular complexity index is 539. The Morgan fingerprint density at radius 2 is 2.00 bits per heavy atom. The van der Waals surface area contributed by atoms with E-state index >= 15 is 0 Å². The van der Waals surface area contributed by atoms with E-state index in [1.807, 2.05) is 22.4 Å².